The first-order chi connectivity index (χ1) is 13.2. The Kier molecular flexibility index (Phi) is 5.50. The number of anilines is 1. The number of rotatable bonds is 6. The van der Waals surface area contributed by atoms with Crippen molar-refractivity contribution in [3.8, 4) is 10.4 Å². The third kappa shape index (κ3) is 4.37. The number of pyridine rings is 1. The Morgan fingerprint density at radius 3 is 2.74 bits per heavy atom. The van der Waals surface area contributed by atoms with Gasteiger partial charge in [0.2, 0.25) is 0 Å². The van der Waals surface area contributed by atoms with E-state index in [0.29, 0.717) is 0 Å². The Balaban J connectivity index is 1.51. The maximum absolute atomic E-state index is 4.56. The SMILES string of the molecule is C=C(CN1CCCCC1)Nc1cc2cc(-c3cnc(CC)s3)ccc2cn1. The molecule has 0 atom stereocenters. The van der Waals surface area contributed by atoms with Gasteiger partial charge in [0.1, 0.15) is 5.82 Å². The molecule has 1 aromatic carbocycles. The fraction of sp³-hybridized carbons (Fsp3) is 0.364. The highest BCUT2D eigenvalue weighted by molar-refractivity contribution is 7.15. The van der Waals surface area contributed by atoms with Gasteiger partial charge >= 0.3 is 0 Å². The third-order valence-corrected chi connectivity index (χ3v) is 6.22. The van der Waals surface area contributed by atoms with Crippen LogP contribution in [0.1, 0.15) is 31.2 Å². The van der Waals surface area contributed by atoms with Gasteiger partial charge in [-0.25, -0.2) is 9.97 Å². The monoisotopic (exact) mass is 378 g/mol. The quantitative estimate of drug-likeness (QED) is 0.629. The van der Waals surface area contributed by atoms with Gasteiger partial charge in [0, 0.05) is 30.0 Å². The van der Waals surface area contributed by atoms with Crippen LogP contribution in [0.25, 0.3) is 21.2 Å². The molecule has 140 valence electrons. The van der Waals surface area contributed by atoms with Crippen molar-refractivity contribution in [3.63, 3.8) is 0 Å². The van der Waals surface area contributed by atoms with E-state index >= 15 is 0 Å². The van der Waals surface area contributed by atoms with Crippen LogP contribution in [0.3, 0.4) is 0 Å². The number of fused-ring (bicyclic) bond motifs is 1. The van der Waals surface area contributed by atoms with Gasteiger partial charge < -0.3 is 5.32 Å². The molecule has 1 aliphatic heterocycles. The van der Waals surface area contributed by atoms with E-state index in [9.17, 15) is 0 Å². The van der Waals surface area contributed by atoms with Crippen LogP contribution in [-0.2, 0) is 6.42 Å². The maximum Gasteiger partial charge on any atom is 0.130 e. The second kappa shape index (κ2) is 8.19. The average Bonchev–Trinajstić information content (AvgIpc) is 3.17. The number of likely N-dealkylation sites (tertiary alicyclic amines) is 1. The molecule has 27 heavy (non-hydrogen) atoms. The molecule has 4 nitrogen and oxygen atoms in total. The zero-order valence-corrected chi connectivity index (χ0v) is 16.7. The van der Waals surface area contributed by atoms with Crippen molar-refractivity contribution < 1.29 is 0 Å². The number of aromatic nitrogens is 2. The predicted molar refractivity (Wildman–Crippen MR) is 115 cm³/mol. The number of nitrogens with one attached hydrogen (secondary N) is 1. The first-order valence-electron chi connectivity index (χ1n) is 9.73. The van der Waals surface area contributed by atoms with E-state index in [1.807, 2.05) is 12.4 Å². The molecular formula is C22H26N4S. The van der Waals surface area contributed by atoms with Crippen LogP contribution in [0.5, 0.6) is 0 Å². The second-order valence-electron chi connectivity index (χ2n) is 7.17. The summed E-state index contributed by atoms with van der Waals surface area (Å²) in [5.41, 5.74) is 2.22. The molecule has 3 aromatic rings. The maximum atomic E-state index is 4.56. The van der Waals surface area contributed by atoms with Gasteiger partial charge in [-0.2, -0.15) is 0 Å². The fourth-order valence-corrected chi connectivity index (χ4v) is 4.43. The largest absolute Gasteiger partial charge is 0.343 e. The molecular weight excluding hydrogens is 352 g/mol. The van der Waals surface area contributed by atoms with Crippen LogP contribution in [0.2, 0.25) is 0 Å². The highest BCUT2D eigenvalue weighted by Gasteiger charge is 2.11. The van der Waals surface area contributed by atoms with Crippen molar-refractivity contribution in [1.29, 1.82) is 0 Å². The highest BCUT2D eigenvalue weighted by atomic mass is 32.1. The number of benzene rings is 1. The van der Waals surface area contributed by atoms with E-state index in [1.165, 1.54) is 53.2 Å². The lowest BCUT2D eigenvalue weighted by atomic mass is 10.1. The van der Waals surface area contributed by atoms with Crippen molar-refractivity contribution >= 4 is 27.9 Å². The van der Waals surface area contributed by atoms with Crippen LogP contribution >= 0.6 is 11.3 Å². The minimum Gasteiger partial charge on any atom is -0.343 e. The van der Waals surface area contributed by atoms with E-state index in [2.05, 4.69) is 58.0 Å². The summed E-state index contributed by atoms with van der Waals surface area (Å²) >= 11 is 1.77. The van der Waals surface area contributed by atoms with E-state index in [4.69, 9.17) is 0 Å². The lowest BCUT2D eigenvalue weighted by Crippen LogP contribution is -2.32. The summed E-state index contributed by atoms with van der Waals surface area (Å²) in [7, 11) is 0. The lowest BCUT2D eigenvalue weighted by Gasteiger charge is -2.27. The summed E-state index contributed by atoms with van der Waals surface area (Å²) in [4.78, 5) is 12.7. The van der Waals surface area contributed by atoms with Crippen molar-refractivity contribution in [2.75, 3.05) is 25.0 Å². The molecule has 0 saturated carbocycles. The molecule has 0 spiro atoms. The lowest BCUT2D eigenvalue weighted by molar-refractivity contribution is 0.247. The molecule has 0 aliphatic carbocycles. The molecule has 0 unspecified atom stereocenters. The van der Waals surface area contributed by atoms with Gasteiger partial charge in [0.25, 0.3) is 0 Å². The number of thiazole rings is 1. The van der Waals surface area contributed by atoms with E-state index < -0.39 is 0 Å². The van der Waals surface area contributed by atoms with E-state index in [1.54, 1.807) is 11.3 Å². The molecule has 4 rings (SSSR count). The number of aryl methyl sites for hydroxylation is 1. The molecule has 3 heterocycles. The zero-order valence-electron chi connectivity index (χ0n) is 15.9. The van der Waals surface area contributed by atoms with Crippen molar-refractivity contribution in [2.24, 2.45) is 0 Å². The second-order valence-corrected chi connectivity index (χ2v) is 8.28. The first kappa shape index (κ1) is 18.1. The fourth-order valence-electron chi connectivity index (χ4n) is 3.58. The molecule has 0 bridgehead atoms. The van der Waals surface area contributed by atoms with Crippen LogP contribution in [-0.4, -0.2) is 34.5 Å². The molecule has 1 fully saturated rings. The van der Waals surface area contributed by atoms with Crippen LogP contribution < -0.4 is 5.32 Å². The normalized spacial score (nSPS) is 15.1. The van der Waals surface area contributed by atoms with E-state index in [0.717, 1.165) is 29.9 Å². The minimum atomic E-state index is 0.861. The van der Waals surface area contributed by atoms with Crippen molar-refractivity contribution in [2.45, 2.75) is 32.6 Å². The number of nitrogens with zero attached hydrogens (tertiary/aromatic N) is 3. The summed E-state index contributed by atoms with van der Waals surface area (Å²) in [5, 5.41) is 6.90. The molecule has 1 saturated heterocycles. The van der Waals surface area contributed by atoms with Crippen LogP contribution in [0.4, 0.5) is 5.82 Å². The van der Waals surface area contributed by atoms with E-state index in [-0.39, 0.29) is 0 Å². The van der Waals surface area contributed by atoms with Gasteiger partial charge in [-0.15, -0.1) is 11.3 Å². The van der Waals surface area contributed by atoms with Gasteiger partial charge in [-0.1, -0.05) is 32.1 Å². The topological polar surface area (TPSA) is 41.0 Å². The summed E-state index contributed by atoms with van der Waals surface area (Å²) in [5.74, 6) is 0.861. The summed E-state index contributed by atoms with van der Waals surface area (Å²) in [6.07, 6.45) is 8.83. The Labute approximate surface area is 165 Å². The van der Waals surface area contributed by atoms with Gasteiger partial charge in [0.05, 0.1) is 9.88 Å². The molecule has 5 heteroatoms. The summed E-state index contributed by atoms with van der Waals surface area (Å²) < 4.78 is 0. The zero-order chi connectivity index (χ0) is 18.6. The van der Waals surface area contributed by atoms with Crippen LogP contribution in [0.15, 0.2) is 48.9 Å². The minimum absolute atomic E-state index is 0.861. The Bertz CT molecular complexity index is 940. The van der Waals surface area contributed by atoms with Crippen LogP contribution in [0, 0.1) is 0 Å². The molecule has 0 radical (unpaired) electrons. The standard InChI is InChI=1S/C22H26N4S/c1-3-22-24-14-20(27-22)17-7-8-18-13-23-21(12-19(18)11-17)25-16(2)15-26-9-5-4-6-10-26/h7-8,11-14H,2-6,9-10,15H2,1H3,(H,23,25). The molecule has 2 aromatic heterocycles. The first-order valence-corrected chi connectivity index (χ1v) is 10.5. The van der Waals surface area contributed by atoms with Crippen molar-refractivity contribution in [3.05, 3.63) is 53.9 Å². The molecule has 0 amide bonds. The Hall–Kier alpha value is -2.24. The number of hydrogen-bond acceptors (Lipinski definition) is 5. The Morgan fingerprint density at radius 1 is 1.11 bits per heavy atom. The number of hydrogen-bond donors (Lipinski definition) is 1. The third-order valence-electron chi connectivity index (χ3n) is 5.03. The molecule has 1 aliphatic rings. The number of piperidine rings is 1. The Morgan fingerprint density at radius 2 is 1.96 bits per heavy atom. The average molecular weight is 379 g/mol. The van der Waals surface area contributed by atoms with Crippen molar-refractivity contribution in [1.82, 2.24) is 14.9 Å². The van der Waals surface area contributed by atoms with Gasteiger partial charge in [0.15, 0.2) is 0 Å². The van der Waals surface area contributed by atoms with Gasteiger partial charge in [-0.3, -0.25) is 4.90 Å². The van der Waals surface area contributed by atoms with Gasteiger partial charge in [-0.05, 0) is 55.4 Å². The smallest absolute Gasteiger partial charge is 0.130 e. The summed E-state index contributed by atoms with van der Waals surface area (Å²) in [6, 6.07) is 8.62. The molecule has 1 N–H and O–H groups in total. The summed E-state index contributed by atoms with van der Waals surface area (Å²) in [6.45, 7) is 9.57. The highest BCUT2D eigenvalue weighted by Crippen LogP contribution is 2.29. The predicted octanol–water partition coefficient (Wildman–Crippen LogP) is 5.33.